The van der Waals surface area contributed by atoms with Crippen molar-refractivity contribution in [1.29, 1.82) is 0 Å². The fourth-order valence-corrected chi connectivity index (χ4v) is 5.24. The van der Waals surface area contributed by atoms with Gasteiger partial charge >= 0.3 is 17.9 Å². The van der Waals surface area contributed by atoms with Gasteiger partial charge in [0.1, 0.15) is 22.0 Å². The van der Waals surface area contributed by atoms with Crippen LogP contribution < -0.4 is 5.73 Å². The quantitative estimate of drug-likeness (QED) is 0.596. The molecule has 142 valence electrons. The number of esters is 3. The van der Waals surface area contributed by atoms with E-state index in [-0.39, 0.29) is 33.6 Å². The van der Waals surface area contributed by atoms with Gasteiger partial charge in [-0.05, 0) is 37.0 Å². The largest absolute Gasteiger partial charge is 0.465 e. The van der Waals surface area contributed by atoms with E-state index in [1.54, 1.807) is 0 Å². The van der Waals surface area contributed by atoms with E-state index >= 15 is 0 Å². The van der Waals surface area contributed by atoms with Crippen LogP contribution in [0.4, 0.5) is 5.00 Å². The maximum Gasteiger partial charge on any atom is 0.348 e. The molecule has 8 heteroatoms. The molecule has 2 saturated carbocycles. The van der Waals surface area contributed by atoms with E-state index in [2.05, 4.69) is 0 Å². The molecule has 0 amide bonds. The summed E-state index contributed by atoms with van der Waals surface area (Å²) in [5.41, 5.74) is 6.16. The average Bonchev–Trinajstić information content (AvgIpc) is 3.32. The van der Waals surface area contributed by atoms with Crippen molar-refractivity contribution in [3.63, 3.8) is 0 Å². The van der Waals surface area contributed by atoms with Crippen LogP contribution in [0.3, 0.4) is 0 Å². The molecule has 3 atom stereocenters. The maximum absolute atomic E-state index is 12.3. The number of thiophene rings is 1. The minimum Gasteiger partial charge on any atom is -0.465 e. The number of carbonyl (C=O) groups excluding carboxylic acids is 3. The van der Waals surface area contributed by atoms with Gasteiger partial charge in [0.05, 0.1) is 14.2 Å². The number of ether oxygens (including phenoxy) is 3. The molecule has 2 bridgehead atoms. The van der Waals surface area contributed by atoms with Crippen LogP contribution in [0, 0.1) is 17.8 Å². The molecule has 1 aromatic rings. The molecular weight excluding hydrogens is 358 g/mol. The normalized spacial score (nSPS) is 23.7. The molecule has 0 aliphatic heterocycles. The Morgan fingerprint density at radius 3 is 2.42 bits per heavy atom. The summed E-state index contributed by atoms with van der Waals surface area (Å²) in [4.78, 5) is 36.4. The summed E-state index contributed by atoms with van der Waals surface area (Å²) in [5.74, 6) is 0.142. The molecule has 0 radical (unpaired) electrons. The average molecular weight is 381 g/mol. The predicted octanol–water partition coefficient (Wildman–Crippen LogP) is 2.77. The van der Waals surface area contributed by atoms with E-state index in [9.17, 15) is 14.4 Å². The Morgan fingerprint density at radius 1 is 1.12 bits per heavy atom. The number of carbonyl (C=O) groups is 3. The molecule has 2 aliphatic carbocycles. The molecule has 1 aromatic heterocycles. The second kappa shape index (κ2) is 7.65. The van der Waals surface area contributed by atoms with Gasteiger partial charge in [-0.1, -0.05) is 6.42 Å². The Labute approximate surface area is 155 Å². The Kier molecular flexibility index (Phi) is 5.50. The fraction of sp³-hybridized carbons (Fsp3) is 0.611. The predicted molar refractivity (Wildman–Crippen MR) is 94.8 cm³/mol. The summed E-state index contributed by atoms with van der Waals surface area (Å²) in [6.07, 6.45) is 5.16. The van der Waals surface area contributed by atoms with Crippen LogP contribution in [0.15, 0.2) is 0 Å². The molecule has 26 heavy (non-hydrogen) atoms. The molecule has 2 aliphatic rings. The molecule has 2 fully saturated rings. The smallest absolute Gasteiger partial charge is 0.348 e. The highest BCUT2D eigenvalue weighted by Gasteiger charge is 2.40. The summed E-state index contributed by atoms with van der Waals surface area (Å²) in [5, 5.41) is 0.136. The van der Waals surface area contributed by atoms with Gasteiger partial charge in [-0.2, -0.15) is 0 Å². The minimum absolute atomic E-state index is 0.0608. The number of rotatable bonds is 6. The van der Waals surface area contributed by atoms with Gasteiger partial charge in [0.15, 0.2) is 0 Å². The van der Waals surface area contributed by atoms with Crippen LogP contribution in [0.5, 0.6) is 0 Å². The molecule has 0 unspecified atom stereocenters. The lowest BCUT2D eigenvalue weighted by atomic mass is 9.86. The Balaban J connectivity index is 1.70. The molecule has 3 rings (SSSR count). The molecule has 0 spiro atoms. The Morgan fingerprint density at radius 2 is 1.85 bits per heavy atom. The van der Waals surface area contributed by atoms with Crippen molar-refractivity contribution in [3.05, 3.63) is 16.0 Å². The van der Waals surface area contributed by atoms with Crippen LogP contribution in [0.25, 0.3) is 0 Å². The summed E-state index contributed by atoms with van der Waals surface area (Å²) < 4.78 is 14.8. The topological polar surface area (TPSA) is 105 Å². The molecule has 7 nitrogen and oxygen atoms in total. The lowest BCUT2D eigenvalue weighted by Crippen LogP contribution is -2.18. The number of fused-ring (bicyclic) bond motifs is 2. The number of anilines is 1. The van der Waals surface area contributed by atoms with Crippen LogP contribution in [-0.2, 0) is 25.6 Å². The second-order valence-electron chi connectivity index (χ2n) is 6.93. The number of hydrogen-bond acceptors (Lipinski definition) is 8. The minimum atomic E-state index is -0.673. The van der Waals surface area contributed by atoms with E-state index in [1.807, 2.05) is 0 Å². The third-order valence-corrected chi connectivity index (χ3v) is 6.53. The first-order valence-electron chi connectivity index (χ1n) is 8.68. The summed E-state index contributed by atoms with van der Waals surface area (Å²) in [6.45, 7) is -0.206. The fourth-order valence-electron chi connectivity index (χ4n) is 4.26. The highest BCUT2D eigenvalue weighted by atomic mass is 32.1. The van der Waals surface area contributed by atoms with Crippen LogP contribution in [-0.4, -0.2) is 32.1 Å². The second-order valence-corrected chi connectivity index (χ2v) is 7.98. The molecule has 0 aromatic carbocycles. The van der Waals surface area contributed by atoms with Crippen LogP contribution in [0.2, 0.25) is 0 Å². The van der Waals surface area contributed by atoms with Crippen molar-refractivity contribution in [3.8, 4) is 0 Å². The van der Waals surface area contributed by atoms with Gasteiger partial charge in [0.2, 0.25) is 0 Å². The van der Waals surface area contributed by atoms with Crippen LogP contribution in [0.1, 0.15) is 57.7 Å². The molecule has 0 saturated heterocycles. The first kappa shape index (κ1) is 18.7. The van der Waals surface area contributed by atoms with Gasteiger partial charge < -0.3 is 19.9 Å². The lowest BCUT2D eigenvalue weighted by Gasteiger charge is -2.20. The highest BCUT2D eigenvalue weighted by Crippen LogP contribution is 2.49. The highest BCUT2D eigenvalue weighted by molar-refractivity contribution is 7.18. The van der Waals surface area contributed by atoms with Crippen molar-refractivity contribution < 1.29 is 28.6 Å². The molecule has 2 N–H and O–H groups in total. The van der Waals surface area contributed by atoms with E-state index in [4.69, 9.17) is 19.9 Å². The van der Waals surface area contributed by atoms with Crippen molar-refractivity contribution >= 4 is 34.2 Å². The first-order chi connectivity index (χ1) is 12.4. The third kappa shape index (κ3) is 3.56. The number of hydrogen-bond donors (Lipinski definition) is 1. The molecular formula is C18H23NO6S. The summed E-state index contributed by atoms with van der Waals surface area (Å²) in [6, 6.07) is 0. The number of nitrogens with two attached hydrogens (primary N) is 1. The van der Waals surface area contributed by atoms with Crippen molar-refractivity contribution in [2.75, 3.05) is 20.0 Å². The van der Waals surface area contributed by atoms with E-state index in [0.717, 1.165) is 23.7 Å². The SMILES string of the molecule is COC(=O)c1sc(N)c(C(=O)OC)c1COC(=O)C[C@H]1C[C@H]2CC[C@@H]1C2. The van der Waals surface area contributed by atoms with E-state index in [1.165, 1.54) is 33.5 Å². The first-order valence-corrected chi connectivity index (χ1v) is 9.49. The monoisotopic (exact) mass is 381 g/mol. The van der Waals surface area contributed by atoms with Crippen molar-refractivity contribution in [2.45, 2.75) is 38.7 Å². The molecule has 1 heterocycles. The number of methoxy groups -OCH3 is 2. The Hall–Kier alpha value is -2.09. The Bertz CT molecular complexity index is 728. The van der Waals surface area contributed by atoms with Gasteiger partial charge in [0.25, 0.3) is 0 Å². The van der Waals surface area contributed by atoms with Gasteiger partial charge in [-0.15, -0.1) is 11.3 Å². The standard InChI is InChI=1S/C18H23NO6S/c1-23-17(21)14-12(15(18(22)24-2)26-16(14)19)8-25-13(20)7-11-6-9-3-4-10(11)5-9/h9-11H,3-8,19H2,1-2H3/t9-,10+,11+/m0/s1. The zero-order chi connectivity index (χ0) is 18.8. The van der Waals surface area contributed by atoms with E-state index < -0.39 is 11.9 Å². The lowest BCUT2D eigenvalue weighted by molar-refractivity contribution is -0.146. The zero-order valence-electron chi connectivity index (χ0n) is 14.9. The number of nitrogen functional groups attached to an aromatic ring is 1. The zero-order valence-corrected chi connectivity index (χ0v) is 15.7. The van der Waals surface area contributed by atoms with Gasteiger partial charge in [0, 0.05) is 12.0 Å². The van der Waals surface area contributed by atoms with E-state index in [0.29, 0.717) is 18.3 Å². The maximum atomic E-state index is 12.3. The van der Waals surface area contributed by atoms with Gasteiger partial charge in [-0.25, -0.2) is 9.59 Å². The van der Waals surface area contributed by atoms with Gasteiger partial charge in [-0.3, -0.25) is 4.79 Å². The third-order valence-electron chi connectivity index (χ3n) is 5.49. The summed E-state index contributed by atoms with van der Waals surface area (Å²) in [7, 11) is 2.46. The van der Waals surface area contributed by atoms with Crippen LogP contribution >= 0.6 is 11.3 Å². The summed E-state index contributed by atoms with van der Waals surface area (Å²) >= 11 is 0.923. The van der Waals surface area contributed by atoms with Crippen molar-refractivity contribution in [2.24, 2.45) is 17.8 Å². The van der Waals surface area contributed by atoms with Crippen molar-refractivity contribution in [1.82, 2.24) is 0 Å².